The molecule has 1 heterocycles. The molecule has 3 rings (SSSR count). The molecule has 0 aliphatic carbocycles. The quantitative estimate of drug-likeness (QED) is 0.774. The van der Waals surface area contributed by atoms with Crippen LogP contribution in [0, 0.1) is 0 Å². The minimum atomic E-state index is -0.256. The molecule has 1 aliphatic rings. The molecule has 0 saturated carbocycles. The first kappa shape index (κ1) is 17.8. The highest BCUT2D eigenvalue weighted by atomic mass is 16.7. The minimum Gasteiger partial charge on any atom is -0.497 e. The van der Waals surface area contributed by atoms with Gasteiger partial charge in [0.2, 0.25) is 12.7 Å². The molecule has 1 amide bonds. The number of carbonyl (C=O) groups excluding carboxylic acids is 1. The van der Waals surface area contributed by atoms with Crippen LogP contribution < -0.4 is 19.5 Å². The maximum Gasteiger partial charge on any atom is 0.244 e. The fourth-order valence-electron chi connectivity index (χ4n) is 2.62. The molecule has 2 aromatic rings. The van der Waals surface area contributed by atoms with Gasteiger partial charge in [0, 0.05) is 19.7 Å². The van der Waals surface area contributed by atoms with Crippen LogP contribution in [0.1, 0.15) is 17.2 Å². The van der Waals surface area contributed by atoms with Gasteiger partial charge in [-0.25, -0.2) is 0 Å². The molecule has 0 radical (unpaired) electrons. The summed E-state index contributed by atoms with van der Waals surface area (Å²) in [7, 11) is 3.22. The van der Waals surface area contributed by atoms with Gasteiger partial charge in [0.25, 0.3) is 0 Å². The molecule has 26 heavy (non-hydrogen) atoms. The summed E-state index contributed by atoms with van der Waals surface area (Å²) < 4.78 is 21.3. The van der Waals surface area contributed by atoms with Crippen LogP contribution >= 0.6 is 0 Å². The Morgan fingerprint density at radius 2 is 2.04 bits per heavy atom. The third-order valence-corrected chi connectivity index (χ3v) is 4.04. The molecule has 1 atom stereocenters. The number of hydrogen-bond acceptors (Lipinski definition) is 5. The number of hydrogen-bond donors (Lipinski definition) is 1. The molecule has 136 valence electrons. The largest absolute Gasteiger partial charge is 0.497 e. The second kappa shape index (κ2) is 8.40. The van der Waals surface area contributed by atoms with Crippen molar-refractivity contribution in [3.8, 4) is 17.2 Å². The number of rotatable bonds is 7. The summed E-state index contributed by atoms with van der Waals surface area (Å²) in [5, 5.41) is 2.84. The fourth-order valence-corrected chi connectivity index (χ4v) is 2.62. The van der Waals surface area contributed by atoms with Crippen molar-refractivity contribution >= 4 is 12.0 Å². The minimum absolute atomic E-state index is 0.201. The molecule has 0 unspecified atom stereocenters. The average molecular weight is 355 g/mol. The summed E-state index contributed by atoms with van der Waals surface area (Å²) in [6.45, 7) is 0.583. The lowest BCUT2D eigenvalue weighted by Gasteiger charge is -2.16. The van der Waals surface area contributed by atoms with Gasteiger partial charge >= 0.3 is 0 Å². The average Bonchev–Trinajstić information content (AvgIpc) is 3.15. The molecule has 0 bridgehead atoms. The van der Waals surface area contributed by atoms with Crippen molar-refractivity contribution in [1.82, 2.24) is 5.32 Å². The summed E-state index contributed by atoms with van der Waals surface area (Å²) >= 11 is 0. The Morgan fingerprint density at radius 1 is 1.19 bits per heavy atom. The third kappa shape index (κ3) is 4.34. The Morgan fingerprint density at radius 3 is 2.85 bits per heavy atom. The summed E-state index contributed by atoms with van der Waals surface area (Å²) in [5.41, 5.74) is 1.80. The fraction of sp³-hybridized carbons (Fsp3) is 0.250. The van der Waals surface area contributed by atoms with Gasteiger partial charge in [0.05, 0.1) is 13.2 Å². The first-order valence-corrected chi connectivity index (χ1v) is 8.22. The molecular formula is C20H21NO5. The normalized spacial score (nSPS) is 13.6. The molecule has 1 N–H and O–H groups in total. The zero-order valence-electron chi connectivity index (χ0n) is 14.7. The van der Waals surface area contributed by atoms with Crippen LogP contribution in [0.25, 0.3) is 6.08 Å². The summed E-state index contributed by atoms with van der Waals surface area (Å²) in [6, 6.07) is 13.1. The topological polar surface area (TPSA) is 66.0 Å². The number of benzene rings is 2. The molecule has 6 nitrogen and oxygen atoms in total. The van der Waals surface area contributed by atoms with Crippen LogP contribution in [0.2, 0.25) is 0 Å². The van der Waals surface area contributed by atoms with Gasteiger partial charge in [-0.1, -0.05) is 18.2 Å². The smallest absolute Gasteiger partial charge is 0.244 e. The van der Waals surface area contributed by atoms with E-state index >= 15 is 0 Å². The monoisotopic (exact) mass is 355 g/mol. The predicted molar refractivity (Wildman–Crippen MR) is 97.4 cm³/mol. The van der Waals surface area contributed by atoms with Gasteiger partial charge < -0.3 is 24.3 Å². The van der Waals surface area contributed by atoms with Crippen LogP contribution in [0.15, 0.2) is 48.5 Å². The van der Waals surface area contributed by atoms with E-state index in [1.807, 2.05) is 42.5 Å². The Kier molecular flexibility index (Phi) is 5.76. The van der Waals surface area contributed by atoms with Crippen LogP contribution in [-0.4, -0.2) is 33.5 Å². The van der Waals surface area contributed by atoms with Gasteiger partial charge in [0.15, 0.2) is 11.5 Å². The van der Waals surface area contributed by atoms with Crippen molar-refractivity contribution in [3.63, 3.8) is 0 Å². The Balaban J connectivity index is 1.57. The molecule has 6 heteroatoms. The first-order valence-electron chi connectivity index (χ1n) is 8.22. The van der Waals surface area contributed by atoms with Gasteiger partial charge in [0.1, 0.15) is 5.75 Å². The van der Waals surface area contributed by atoms with Gasteiger partial charge in [-0.05, 0) is 41.5 Å². The molecule has 1 aliphatic heterocycles. The molecule has 2 aromatic carbocycles. The van der Waals surface area contributed by atoms with E-state index in [9.17, 15) is 4.79 Å². The first-order chi connectivity index (χ1) is 12.7. The van der Waals surface area contributed by atoms with Crippen molar-refractivity contribution in [2.75, 3.05) is 27.6 Å². The zero-order valence-corrected chi connectivity index (χ0v) is 14.7. The second-order valence-electron chi connectivity index (χ2n) is 5.69. The van der Waals surface area contributed by atoms with Crippen LogP contribution in [-0.2, 0) is 9.53 Å². The standard InChI is InChI=1S/C20H21NO5/c1-23-16-5-3-4-15(11-16)19(24-2)12-21-20(22)9-7-14-6-8-17-18(10-14)26-13-25-17/h3-11,19H,12-13H2,1-2H3,(H,21,22)/b9-7+/t19-/m1/s1. The van der Waals surface area contributed by atoms with E-state index in [0.29, 0.717) is 18.0 Å². The highest BCUT2D eigenvalue weighted by Crippen LogP contribution is 2.32. The molecule has 0 saturated heterocycles. The predicted octanol–water partition coefficient (Wildman–Crippen LogP) is 2.94. The Bertz CT molecular complexity index is 803. The maximum absolute atomic E-state index is 12.1. The van der Waals surface area contributed by atoms with Crippen LogP contribution in [0.4, 0.5) is 0 Å². The lowest BCUT2D eigenvalue weighted by atomic mass is 10.1. The second-order valence-corrected chi connectivity index (χ2v) is 5.69. The lowest BCUT2D eigenvalue weighted by molar-refractivity contribution is -0.117. The van der Waals surface area contributed by atoms with Crippen molar-refractivity contribution in [2.45, 2.75) is 6.10 Å². The maximum atomic E-state index is 12.1. The van der Waals surface area contributed by atoms with Crippen molar-refractivity contribution in [1.29, 1.82) is 0 Å². The van der Waals surface area contributed by atoms with E-state index in [0.717, 1.165) is 16.9 Å². The summed E-state index contributed by atoms with van der Waals surface area (Å²) in [4.78, 5) is 12.1. The highest BCUT2D eigenvalue weighted by Gasteiger charge is 2.13. The molecular weight excluding hydrogens is 334 g/mol. The van der Waals surface area contributed by atoms with E-state index in [1.54, 1.807) is 20.3 Å². The number of amides is 1. The summed E-state index contributed by atoms with van der Waals surface area (Å²) in [6.07, 6.45) is 2.95. The van der Waals surface area contributed by atoms with E-state index in [1.165, 1.54) is 6.08 Å². The molecule has 0 fully saturated rings. The van der Waals surface area contributed by atoms with Gasteiger partial charge in [-0.15, -0.1) is 0 Å². The zero-order chi connectivity index (χ0) is 18.4. The summed E-state index contributed by atoms with van der Waals surface area (Å²) in [5.74, 6) is 1.95. The van der Waals surface area contributed by atoms with E-state index < -0.39 is 0 Å². The lowest BCUT2D eigenvalue weighted by Crippen LogP contribution is -2.27. The SMILES string of the molecule is COc1cccc([C@@H](CNC(=O)/C=C/c2ccc3c(c2)OCO3)OC)c1. The number of methoxy groups -OCH3 is 2. The number of ether oxygens (including phenoxy) is 4. The van der Waals surface area contributed by atoms with Gasteiger partial charge in [-0.2, -0.15) is 0 Å². The van der Waals surface area contributed by atoms with Crippen LogP contribution in [0.5, 0.6) is 17.2 Å². The van der Waals surface area contributed by atoms with Crippen molar-refractivity contribution < 1.29 is 23.7 Å². The van der Waals surface area contributed by atoms with Gasteiger partial charge in [-0.3, -0.25) is 4.79 Å². The number of fused-ring (bicyclic) bond motifs is 1. The Labute approximate surface area is 152 Å². The molecule has 0 spiro atoms. The van der Waals surface area contributed by atoms with E-state index in [2.05, 4.69) is 5.32 Å². The van der Waals surface area contributed by atoms with E-state index in [-0.39, 0.29) is 18.8 Å². The third-order valence-electron chi connectivity index (χ3n) is 4.04. The number of nitrogens with one attached hydrogen (secondary N) is 1. The van der Waals surface area contributed by atoms with Crippen molar-refractivity contribution in [2.24, 2.45) is 0 Å². The van der Waals surface area contributed by atoms with Crippen LogP contribution in [0.3, 0.4) is 0 Å². The van der Waals surface area contributed by atoms with E-state index in [4.69, 9.17) is 18.9 Å². The number of carbonyl (C=O) groups is 1. The molecule has 0 aromatic heterocycles. The van der Waals surface area contributed by atoms with Crippen molar-refractivity contribution in [3.05, 3.63) is 59.7 Å². The highest BCUT2D eigenvalue weighted by molar-refractivity contribution is 5.91. The Hall–Kier alpha value is -2.99.